The van der Waals surface area contributed by atoms with Crippen molar-refractivity contribution in [1.29, 1.82) is 0 Å². The summed E-state index contributed by atoms with van der Waals surface area (Å²) in [4.78, 5) is 23.7. The molecule has 0 aromatic heterocycles. The summed E-state index contributed by atoms with van der Waals surface area (Å²) >= 11 is 0. The first-order valence-corrected chi connectivity index (χ1v) is 8.89. The van der Waals surface area contributed by atoms with Crippen LogP contribution in [0.1, 0.15) is 49.5 Å². The van der Waals surface area contributed by atoms with E-state index in [1.165, 1.54) is 0 Å². The predicted molar refractivity (Wildman–Crippen MR) is 101 cm³/mol. The number of Topliss-reactive ketones (excluding diaryl/α,β-unsaturated/α-hetero) is 1. The van der Waals surface area contributed by atoms with Gasteiger partial charge in [0.25, 0.3) is 0 Å². The lowest BCUT2D eigenvalue weighted by Crippen LogP contribution is -2.12. The second-order valence-corrected chi connectivity index (χ2v) is 6.69. The molecule has 2 aromatic rings. The molecule has 0 heterocycles. The van der Waals surface area contributed by atoms with E-state index in [9.17, 15) is 9.59 Å². The summed E-state index contributed by atoms with van der Waals surface area (Å²) in [5.41, 5.74) is 3.90. The van der Waals surface area contributed by atoms with Crippen molar-refractivity contribution in [3.8, 4) is 11.1 Å². The topological polar surface area (TPSA) is 54.4 Å². The summed E-state index contributed by atoms with van der Waals surface area (Å²) in [7, 11) is 0. The van der Waals surface area contributed by atoms with E-state index in [-0.39, 0.29) is 11.7 Å². The number of carbonyl (C=O) groups is 2. The van der Waals surface area contributed by atoms with Gasteiger partial charge in [-0.05, 0) is 42.0 Å². The van der Waals surface area contributed by atoms with Crippen LogP contribution in [0, 0.1) is 11.8 Å². The number of hydrogen-bond donors (Lipinski definition) is 1. The zero-order chi connectivity index (χ0) is 18.4. The third-order valence-corrected chi connectivity index (χ3v) is 4.80. The first-order valence-electron chi connectivity index (χ1n) is 8.89. The van der Waals surface area contributed by atoms with Crippen molar-refractivity contribution in [2.24, 2.45) is 11.8 Å². The third kappa shape index (κ3) is 4.79. The zero-order valence-electron chi connectivity index (χ0n) is 15.2. The van der Waals surface area contributed by atoms with E-state index in [0.29, 0.717) is 18.4 Å². The third-order valence-electron chi connectivity index (χ3n) is 4.80. The van der Waals surface area contributed by atoms with Gasteiger partial charge in [0.1, 0.15) is 0 Å². The molecule has 0 saturated carbocycles. The molecule has 3 heteroatoms. The van der Waals surface area contributed by atoms with E-state index in [1.807, 2.05) is 62.4 Å². The van der Waals surface area contributed by atoms with Gasteiger partial charge in [-0.2, -0.15) is 0 Å². The van der Waals surface area contributed by atoms with E-state index in [2.05, 4.69) is 0 Å². The van der Waals surface area contributed by atoms with Crippen molar-refractivity contribution < 1.29 is 14.7 Å². The summed E-state index contributed by atoms with van der Waals surface area (Å²) in [6.45, 7) is 5.68. The minimum atomic E-state index is -0.784. The number of carboxylic acid groups (broad SMARTS) is 1. The van der Waals surface area contributed by atoms with E-state index < -0.39 is 11.9 Å². The first kappa shape index (κ1) is 18.9. The van der Waals surface area contributed by atoms with E-state index in [0.717, 1.165) is 23.1 Å². The standard InChI is InChI=1S/C22H26O3/c1-4-15(2)21(23)19-12-13-20(17-8-6-5-7-9-17)18(14-19)11-10-16(3)22(24)25/h5-9,12-16H,4,10-11H2,1-3H3,(H,24,25). The van der Waals surface area contributed by atoms with Crippen molar-refractivity contribution in [2.75, 3.05) is 0 Å². The summed E-state index contributed by atoms with van der Waals surface area (Å²) in [6, 6.07) is 15.8. The van der Waals surface area contributed by atoms with Crippen molar-refractivity contribution in [3.63, 3.8) is 0 Å². The highest BCUT2D eigenvalue weighted by atomic mass is 16.4. The smallest absolute Gasteiger partial charge is 0.306 e. The Hall–Kier alpha value is -2.42. The molecule has 0 bridgehead atoms. The molecule has 0 radical (unpaired) electrons. The molecule has 0 aliphatic carbocycles. The van der Waals surface area contributed by atoms with Gasteiger partial charge in [0.05, 0.1) is 5.92 Å². The average Bonchev–Trinajstić information content (AvgIpc) is 2.65. The number of aryl methyl sites for hydroxylation is 1. The van der Waals surface area contributed by atoms with Crippen LogP contribution < -0.4 is 0 Å². The predicted octanol–water partition coefficient (Wildman–Crippen LogP) is 5.24. The van der Waals surface area contributed by atoms with Gasteiger partial charge in [0.2, 0.25) is 0 Å². The Morgan fingerprint density at radius 2 is 1.68 bits per heavy atom. The molecule has 0 saturated heterocycles. The van der Waals surface area contributed by atoms with Crippen molar-refractivity contribution in [2.45, 2.75) is 40.0 Å². The summed E-state index contributed by atoms with van der Waals surface area (Å²) < 4.78 is 0. The Balaban J connectivity index is 2.38. The van der Waals surface area contributed by atoms with Crippen LogP contribution in [0.5, 0.6) is 0 Å². The second kappa shape index (κ2) is 8.61. The number of carboxylic acids is 1. The van der Waals surface area contributed by atoms with Gasteiger partial charge >= 0.3 is 5.97 Å². The van der Waals surface area contributed by atoms with Gasteiger partial charge < -0.3 is 5.11 Å². The van der Waals surface area contributed by atoms with Gasteiger partial charge in [0, 0.05) is 11.5 Å². The summed E-state index contributed by atoms with van der Waals surface area (Å²) in [5, 5.41) is 9.14. The molecule has 132 valence electrons. The molecule has 2 unspecified atom stereocenters. The highest BCUT2D eigenvalue weighted by Crippen LogP contribution is 2.28. The summed E-state index contributed by atoms with van der Waals surface area (Å²) in [6.07, 6.45) is 2.00. The number of hydrogen-bond acceptors (Lipinski definition) is 2. The molecule has 0 aliphatic heterocycles. The number of rotatable bonds is 8. The molecule has 2 atom stereocenters. The lowest BCUT2D eigenvalue weighted by atomic mass is 9.89. The monoisotopic (exact) mass is 338 g/mol. The minimum Gasteiger partial charge on any atom is -0.481 e. The molecule has 0 amide bonds. The average molecular weight is 338 g/mol. The Bertz CT molecular complexity index is 734. The maximum Gasteiger partial charge on any atom is 0.306 e. The van der Waals surface area contributed by atoms with Crippen LogP contribution in [0.3, 0.4) is 0 Å². The molecule has 0 aliphatic rings. The van der Waals surface area contributed by atoms with Gasteiger partial charge in [-0.3, -0.25) is 9.59 Å². The molecule has 1 N–H and O–H groups in total. The van der Waals surface area contributed by atoms with Crippen molar-refractivity contribution >= 4 is 11.8 Å². The Kier molecular flexibility index (Phi) is 6.51. The normalized spacial score (nSPS) is 13.2. The molecular weight excluding hydrogens is 312 g/mol. The van der Waals surface area contributed by atoms with Gasteiger partial charge in [-0.25, -0.2) is 0 Å². The van der Waals surface area contributed by atoms with E-state index in [4.69, 9.17) is 5.11 Å². The fourth-order valence-corrected chi connectivity index (χ4v) is 2.82. The minimum absolute atomic E-state index is 0.00614. The van der Waals surface area contributed by atoms with Crippen LogP contribution in [0.15, 0.2) is 48.5 Å². The summed E-state index contributed by atoms with van der Waals surface area (Å²) in [5.74, 6) is -1.05. The highest BCUT2D eigenvalue weighted by Gasteiger charge is 2.17. The first-order chi connectivity index (χ1) is 11.9. The number of ketones is 1. The quantitative estimate of drug-likeness (QED) is 0.670. The van der Waals surface area contributed by atoms with Crippen molar-refractivity contribution in [1.82, 2.24) is 0 Å². The Morgan fingerprint density at radius 1 is 1.00 bits per heavy atom. The number of carbonyl (C=O) groups excluding carboxylic acids is 1. The SMILES string of the molecule is CCC(C)C(=O)c1ccc(-c2ccccc2)c(CCC(C)C(=O)O)c1. The van der Waals surface area contributed by atoms with Gasteiger partial charge in [0.15, 0.2) is 5.78 Å². The van der Waals surface area contributed by atoms with Crippen LogP contribution in [0.4, 0.5) is 0 Å². The van der Waals surface area contributed by atoms with Crippen LogP contribution in [0.25, 0.3) is 11.1 Å². The maximum absolute atomic E-state index is 12.5. The van der Waals surface area contributed by atoms with Crippen molar-refractivity contribution in [3.05, 3.63) is 59.7 Å². The molecule has 0 spiro atoms. The van der Waals surface area contributed by atoms with E-state index in [1.54, 1.807) is 6.92 Å². The maximum atomic E-state index is 12.5. The van der Waals surface area contributed by atoms with Gasteiger partial charge in [-0.1, -0.05) is 63.2 Å². The second-order valence-electron chi connectivity index (χ2n) is 6.69. The highest BCUT2D eigenvalue weighted by molar-refractivity contribution is 5.98. The number of aliphatic carboxylic acids is 1. The van der Waals surface area contributed by atoms with Crippen LogP contribution in [0.2, 0.25) is 0 Å². The van der Waals surface area contributed by atoms with Crippen LogP contribution in [-0.2, 0) is 11.2 Å². The molecule has 2 rings (SSSR count). The molecule has 0 fully saturated rings. The lowest BCUT2D eigenvalue weighted by molar-refractivity contribution is -0.141. The van der Waals surface area contributed by atoms with E-state index >= 15 is 0 Å². The molecule has 2 aromatic carbocycles. The largest absolute Gasteiger partial charge is 0.481 e. The zero-order valence-corrected chi connectivity index (χ0v) is 15.2. The van der Waals surface area contributed by atoms with Crippen LogP contribution in [-0.4, -0.2) is 16.9 Å². The molecule has 25 heavy (non-hydrogen) atoms. The Morgan fingerprint density at radius 3 is 2.28 bits per heavy atom. The fraction of sp³-hybridized carbons (Fsp3) is 0.364. The Labute approximate surface area is 149 Å². The molecular formula is C22H26O3. The molecule has 3 nitrogen and oxygen atoms in total. The fourth-order valence-electron chi connectivity index (χ4n) is 2.82. The van der Waals surface area contributed by atoms with Gasteiger partial charge in [-0.15, -0.1) is 0 Å². The lowest BCUT2D eigenvalue weighted by Gasteiger charge is -2.15. The number of benzene rings is 2. The van der Waals surface area contributed by atoms with Crippen LogP contribution >= 0.6 is 0 Å².